The third-order valence-corrected chi connectivity index (χ3v) is 6.07. The number of hydrogen-bond donors (Lipinski definition) is 10. The Morgan fingerprint density at radius 3 is 1.77 bits per heavy atom. The SMILES string of the molecule is CC(C)[C@H](NC(=O)[C@H](CO)NC(=O)[C@H](CC(=O)O)NC(=O)[C@@H](N)CCC(=O)O)C(=O)N[C@@H](Cc1ccc(O)cc1)C(=O)O. The maximum atomic E-state index is 13.0. The van der Waals surface area contributed by atoms with Gasteiger partial charge < -0.3 is 52.5 Å². The third kappa shape index (κ3) is 12.7. The molecular formula is C26H37N5O12. The average Bonchev–Trinajstić information content (AvgIpc) is 2.92. The van der Waals surface area contributed by atoms with E-state index in [9.17, 15) is 48.9 Å². The molecule has 1 aromatic rings. The van der Waals surface area contributed by atoms with Crippen LogP contribution in [0.3, 0.4) is 0 Å². The van der Waals surface area contributed by atoms with Crippen molar-refractivity contribution in [3.05, 3.63) is 29.8 Å². The summed E-state index contributed by atoms with van der Waals surface area (Å²) >= 11 is 0. The lowest BCUT2D eigenvalue weighted by Crippen LogP contribution is -2.60. The number of amides is 4. The number of aromatic hydroxyl groups is 1. The number of carboxylic acid groups (broad SMARTS) is 3. The van der Waals surface area contributed by atoms with E-state index in [4.69, 9.17) is 15.9 Å². The van der Waals surface area contributed by atoms with Gasteiger partial charge in [-0.15, -0.1) is 0 Å². The molecule has 0 bridgehead atoms. The molecule has 17 nitrogen and oxygen atoms in total. The number of aliphatic hydroxyl groups is 1. The normalized spacial score (nSPS) is 14.3. The highest BCUT2D eigenvalue weighted by molar-refractivity contribution is 5.96. The molecule has 0 radical (unpaired) electrons. The molecule has 4 amide bonds. The number of aliphatic carboxylic acids is 3. The molecule has 0 spiro atoms. The standard InChI is InChI=1S/C26H37N5O12/c1-12(2)21(25(41)29-17(26(42)43)9-13-3-5-14(33)6-4-13)31-24(40)18(11-32)30-23(39)16(10-20(36)37)28-22(38)15(27)7-8-19(34)35/h3-6,12,15-18,21,32-33H,7-11,27H2,1-2H3,(H,28,38)(H,29,41)(H,30,39)(H,31,40)(H,34,35)(H,36,37)(H,42,43)/t15-,16-,17-,18-,21-/m0/s1. The number of nitrogens with one attached hydrogen (secondary N) is 4. The molecule has 0 unspecified atom stereocenters. The molecule has 0 aliphatic rings. The van der Waals surface area contributed by atoms with Crippen LogP contribution in [0.5, 0.6) is 5.75 Å². The summed E-state index contributed by atoms with van der Waals surface area (Å²) in [6.07, 6.45) is -1.87. The van der Waals surface area contributed by atoms with Gasteiger partial charge in [0.2, 0.25) is 23.6 Å². The van der Waals surface area contributed by atoms with Crippen molar-refractivity contribution in [3.8, 4) is 5.75 Å². The van der Waals surface area contributed by atoms with Gasteiger partial charge >= 0.3 is 17.9 Å². The summed E-state index contributed by atoms with van der Waals surface area (Å²) in [7, 11) is 0. The predicted molar refractivity (Wildman–Crippen MR) is 146 cm³/mol. The molecule has 238 valence electrons. The first-order valence-electron chi connectivity index (χ1n) is 13.1. The van der Waals surface area contributed by atoms with Crippen LogP contribution in [0.2, 0.25) is 0 Å². The van der Waals surface area contributed by atoms with Gasteiger partial charge in [-0.25, -0.2) is 4.79 Å². The zero-order valence-corrected chi connectivity index (χ0v) is 23.5. The van der Waals surface area contributed by atoms with E-state index in [-0.39, 0.29) is 18.6 Å². The van der Waals surface area contributed by atoms with Crippen LogP contribution in [0.1, 0.15) is 38.7 Å². The molecule has 0 fully saturated rings. The topological polar surface area (TPSA) is 295 Å². The Kier molecular flexibility index (Phi) is 14.5. The molecule has 17 heteroatoms. The second kappa shape index (κ2) is 17.2. The summed E-state index contributed by atoms with van der Waals surface area (Å²) < 4.78 is 0. The summed E-state index contributed by atoms with van der Waals surface area (Å²) in [4.78, 5) is 84.7. The highest BCUT2D eigenvalue weighted by atomic mass is 16.4. The molecule has 1 rings (SSSR count). The Morgan fingerprint density at radius 1 is 0.744 bits per heavy atom. The number of hydrogen-bond acceptors (Lipinski definition) is 10. The predicted octanol–water partition coefficient (Wildman–Crippen LogP) is -2.73. The second-order valence-corrected chi connectivity index (χ2v) is 9.94. The first-order valence-corrected chi connectivity index (χ1v) is 13.1. The fourth-order valence-electron chi connectivity index (χ4n) is 3.66. The monoisotopic (exact) mass is 611 g/mol. The number of carboxylic acids is 3. The van der Waals surface area contributed by atoms with E-state index in [1.165, 1.54) is 24.3 Å². The highest BCUT2D eigenvalue weighted by Gasteiger charge is 2.33. The van der Waals surface area contributed by atoms with Crippen molar-refractivity contribution in [2.75, 3.05) is 6.61 Å². The van der Waals surface area contributed by atoms with E-state index in [1.807, 2.05) is 0 Å². The molecule has 0 aromatic heterocycles. The minimum absolute atomic E-state index is 0.0382. The highest BCUT2D eigenvalue weighted by Crippen LogP contribution is 2.12. The van der Waals surface area contributed by atoms with Crippen molar-refractivity contribution >= 4 is 41.5 Å². The van der Waals surface area contributed by atoms with E-state index in [0.717, 1.165) is 0 Å². The fraction of sp³-hybridized carbons (Fsp3) is 0.500. The van der Waals surface area contributed by atoms with Crippen LogP contribution in [0.4, 0.5) is 0 Å². The molecule has 1 aromatic carbocycles. The van der Waals surface area contributed by atoms with Crippen LogP contribution < -0.4 is 27.0 Å². The Labute approximate surface area is 245 Å². The van der Waals surface area contributed by atoms with Crippen molar-refractivity contribution in [3.63, 3.8) is 0 Å². The zero-order valence-electron chi connectivity index (χ0n) is 23.5. The van der Waals surface area contributed by atoms with Crippen LogP contribution in [0.25, 0.3) is 0 Å². The molecule has 0 saturated heterocycles. The number of nitrogens with two attached hydrogens (primary N) is 1. The first-order chi connectivity index (χ1) is 20.0. The van der Waals surface area contributed by atoms with Gasteiger partial charge in [0.25, 0.3) is 0 Å². The molecule has 0 heterocycles. The van der Waals surface area contributed by atoms with Gasteiger partial charge in [-0.2, -0.15) is 0 Å². The van der Waals surface area contributed by atoms with Gasteiger partial charge in [-0.1, -0.05) is 26.0 Å². The van der Waals surface area contributed by atoms with Crippen molar-refractivity contribution < 1.29 is 59.1 Å². The van der Waals surface area contributed by atoms with E-state index in [0.29, 0.717) is 5.56 Å². The minimum Gasteiger partial charge on any atom is -0.508 e. The Bertz CT molecular complexity index is 1170. The Morgan fingerprint density at radius 2 is 1.28 bits per heavy atom. The van der Waals surface area contributed by atoms with Crippen molar-refractivity contribution in [1.29, 1.82) is 0 Å². The van der Waals surface area contributed by atoms with Crippen molar-refractivity contribution in [1.82, 2.24) is 21.3 Å². The molecule has 0 aliphatic heterocycles. The molecule has 43 heavy (non-hydrogen) atoms. The van der Waals surface area contributed by atoms with Crippen molar-refractivity contribution in [2.24, 2.45) is 11.7 Å². The molecule has 0 saturated carbocycles. The number of phenols is 1. The van der Waals surface area contributed by atoms with E-state index < -0.39 is 97.1 Å². The summed E-state index contributed by atoms with van der Waals surface area (Å²) in [5.41, 5.74) is 6.08. The maximum Gasteiger partial charge on any atom is 0.326 e. The lowest BCUT2D eigenvalue weighted by atomic mass is 10.0. The largest absolute Gasteiger partial charge is 0.508 e. The van der Waals surface area contributed by atoms with Crippen LogP contribution in [-0.4, -0.2) is 104 Å². The van der Waals surface area contributed by atoms with E-state index >= 15 is 0 Å². The summed E-state index contributed by atoms with van der Waals surface area (Å²) in [5.74, 6) is -8.93. The number of carbonyl (C=O) groups is 7. The van der Waals surface area contributed by atoms with Gasteiger partial charge in [0.05, 0.1) is 19.1 Å². The number of rotatable bonds is 18. The summed E-state index contributed by atoms with van der Waals surface area (Å²) in [6.45, 7) is 2.08. The molecule has 0 aliphatic carbocycles. The second-order valence-electron chi connectivity index (χ2n) is 9.94. The van der Waals surface area contributed by atoms with Crippen LogP contribution in [-0.2, 0) is 40.0 Å². The average molecular weight is 612 g/mol. The van der Waals surface area contributed by atoms with Gasteiger partial charge in [-0.05, 0) is 30.0 Å². The molecule has 5 atom stereocenters. The smallest absolute Gasteiger partial charge is 0.326 e. The Balaban J connectivity index is 2.97. The Hall–Kier alpha value is -4.77. The van der Waals surface area contributed by atoms with E-state index in [1.54, 1.807) is 13.8 Å². The van der Waals surface area contributed by atoms with Crippen LogP contribution in [0, 0.1) is 5.92 Å². The lowest BCUT2D eigenvalue weighted by molar-refractivity contribution is -0.142. The van der Waals surface area contributed by atoms with Gasteiger partial charge in [0.1, 0.15) is 29.9 Å². The molecule has 11 N–H and O–H groups in total. The third-order valence-electron chi connectivity index (χ3n) is 6.07. The lowest BCUT2D eigenvalue weighted by Gasteiger charge is -2.27. The number of phenolic OH excluding ortho intramolecular Hbond substituents is 1. The van der Waals surface area contributed by atoms with Crippen LogP contribution in [0.15, 0.2) is 24.3 Å². The van der Waals surface area contributed by atoms with Gasteiger partial charge in [0, 0.05) is 12.8 Å². The molecular weight excluding hydrogens is 574 g/mol. The fourth-order valence-corrected chi connectivity index (χ4v) is 3.66. The number of carbonyl (C=O) groups excluding carboxylic acids is 4. The number of benzene rings is 1. The van der Waals surface area contributed by atoms with Crippen LogP contribution >= 0.6 is 0 Å². The van der Waals surface area contributed by atoms with Gasteiger partial charge in [0.15, 0.2) is 0 Å². The zero-order chi connectivity index (χ0) is 32.9. The number of aliphatic hydroxyl groups excluding tert-OH is 1. The first kappa shape index (κ1) is 36.3. The van der Waals surface area contributed by atoms with Crippen molar-refractivity contribution in [2.45, 2.75) is 69.7 Å². The summed E-state index contributed by atoms with van der Waals surface area (Å²) in [5, 5.41) is 55.4. The summed E-state index contributed by atoms with van der Waals surface area (Å²) in [6, 6.07) is -1.98. The maximum absolute atomic E-state index is 13.0. The minimum atomic E-state index is -1.76. The van der Waals surface area contributed by atoms with E-state index in [2.05, 4.69) is 21.3 Å². The quantitative estimate of drug-likeness (QED) is 0.0807. The van der Waals surface area contributed by atoms with Gasteiger partial charge in [-0.3, -0.25) is 28.8 Å².